The van der Waals surface area contributed by atoms with E-state index in [1.165, 1.54) is 0 Å². The fourth-order valence-electron chi connectivity index (χ4n) is 6.00. The maximum absolute atomic E-state index is 14.6. The lowest BCUT2D eigenvalue weighted by Crippen LogP contribution is -2.67. The molecule has 4 heterocycles. The highest BCUT2D eigenvalue weighted by Gasteiger charge is 2.54. The van der Waals surface area contributed by atoms with Crippen molar-refractivity contribution < 1.29 is 22.8 Å². The average molecular weight is 440 g/mol. The van der Waals surface area contributed by atoms with Gasteiger partial charge in [0.2, 0.25) is 0 Å². The van der Waals surface area contributed by atoms with Crippen molar-refractivity contribution in [2.24, 2.45) is 11.8 Å². The van der Waals surface area contributed by atoms with E-state index in [1.807, 2.05) is 36.4 Å². The number of rotatable bonds is 5. The van der Waals surface area contributed by atoms with Crippen LogP contribution >= 0.6 is 0 Å². The Balaban J connectivity index is 1.58. The quantitative estimate of drug-likeness (QED) is 0.433. The number of aliphatic hydroxyl groups is 1. The molecular weight excluding hydrogens is 413 g/mol. The molecule has 0 unspecified atom stereocenters. The van der Waals surface area contributed by atoms with Gasteiger partial charge in [-0.05, 0) is 23.6 Å². The minimum atomic E-state index is -0.926. The summed E-state index contributed by atoms with van der Waals surface area (Å²) in [7, 11) is 0. The third-order valence-electron chi connectivity index (χ3n) is 7.62. The molecule has 3 saturated heterocycles. The summed E-state index contributed by atoms with van der Waals surface area (Å²) in [6.45, 7) is 5.40. The van der Waals surface area contributed by atoms with Gasteiger partial charge >= 0.3 is 0 Å². The van der Waals surface area contributed by atoms with Crippen LogP contribution in [0.4, 0.5) is 13.2 Å². The number of pyridine rings is 1. The van der Waals surface area contributed by atoms with Crippen LogP contribution in [0.1, 0.15) is 30.1 Å². The summed E-state index contributed by atoms with van der Waals surface area (Å²) in [5.74, 6) is -2.08. The largest absolute Gasteiger partial charge is 0.382 e. The Hall–Kier alpha value is -2.70. The highest BCUT2D eigenvalue weighted by Crippen LogP contribution is 2.48. The molecule has 2 bridgehead atoms. The Kier molecular flexibility index (Phi) is 5.30. The van der Waals surface area contributed by atoms with E-state index in [0.29, 0.717) is 23.5 Å². The molecule has 3 fully saturated rings. The lowest BCUT2D eigenvalue weighted by molar-refractivity contribution is -0.985. The van der Waals surface area contributed by atoms with Gasteiger partial charge in [0.05, 0.1) is 24.2 Å². The molecule has 3 nitrogen and oxygen atoms in total. The van der Waals surface area contributed by atoms with Gasteiger partial charge in [-0.3, -0.25) is 4.98 Å². The maximum atomic E-state index is 14.6. The minimum Gasteiger partial charge on any atom is -0.382 e. The van der Waals surface area contributed by atoms with Gasteiger partial charge in [0.15, 0.2) is 0 Å². The molecule has 2 aromatic carbocycles. The number of fused-ring (bicyclic) bond motifs is 4. The standard InChI is InChI=1S/C26H26F3N2O/c1-2-16-14-31(15-21-22(28)12-18(27)13-23(21)29)10-8-17(16)11-25(31)26(32)20-7-9-30-24-6-4-3-5-19(20)24/h2-7,9,12-13,16-17,25-26,32H,1,8,10-11,14-15H2/q+1/t16-,17-,25-,26+,31-/m0/s1. The summed E-state index contributed by atoms with van der Waals surface area (Å²) in [5.41, 5.74) is 1.46. The zero-order valence-corrected chi connectivity index (χ0v) is 17.7. The molecule has 0 spiro atoms. The molecule has 0 amide bonds. The molecule has 3 aliphatic heterocycles. The van der Waals surface area contributed by atoms with Crippen molar-refractivity contribution in [3.05, 3.63) is 89.9 Å². The Morgan fingerprint density at radius 1 is 1.16 bits per heavy atom. The molecule has 0 saturated carbocycles. The molecular formula is C26H26F3N2O+. The number of hydrogen-bond donors (Lipinski definition) is 1. The second-order valence-electron chi connectivity index (χ2n) is 9.24. The molecule has 3 aliphatic rings. The summed E-state index contributed by atoms with van der Waals surface area (Å²) >= 11 is 0. The Morgan fingerprint density at radius 2 is 1.91 bits per heavy atom. The van der Waals surface area contributed by atoms with Crippen LogP contribution in [0.25, 0.3) is 10.9 Å². The molecule has 1 aromatic heterocycles. The highest BCUT2D eigenvalue weighted by molar-refractivity contribution is 5.82. The Bertz CT molecular complexity index is 1150. The number of benzene rings is 2. The van der Waals surface area contributed by atoms with Gasteiger partial charge in [0.25, 0.3) is 0 Å². The van der Waals surface area contributed by atoms with Gasteiger partial charge in [-0.1, -0.05) is 24.3 Å². The highest BCUT2D eigenvalue weighted by atomic mass is 19.1. The first kappa shape index (κ1) is 21.2. The lowest BCUT2D eigenvalue weighted by Gasteiger charge is -2.58. The number of aliphatic hydroxyl groups excluding tert-OH is 1. The number of aromatic nitrogens is 1. The zero-order valence-electron chi connectivity index (χ0n) is 17.7. The predicted octanol–water partition coefficient (Wildman–Crippen LogP) is 5.30. The molecule has 5 atom stereocenters. The van der Waals surface area contributed by atoms with Crippen LogP contribution in [0, 0.1) is 29.3 Å². The summed E-state index contributed by atoms with van der Waals surface area (Å²) < 4.78 is 43.2. The van der Waals surface area contributed by atoms with Crippen LogP contribution in [0.15, 0.2) is 61.3 Å². The van der Waals surface area contributed by atoms with Crippen LogP contribution < -0.4 is 0 Å². The van der Waals surface area contributed by atoms with Crippen LogP contribution in [0.5, 0.6) is 0 Å². The molecule has 32 heavy (non-hydrogen) atoms. The van der Waals surface area contributed by atoms with Crippen molar-refractivity contribution >= 4 is 10.9 Å². The minimum absolute atomic E-state index is 0.0692. The van der Waals surface area contributed by atoms with Crippen LogP contribution in [-0.4, -0.2) is 33.7 Å². The SMILES string of the molecule is C=C[C@H]1C[N@+]2(Cc3c(F)cc(F)cc3F)CC[C@H]1C[C@H]2[C@H](O)c1ccnc2ccccc12. The molecule has 0 radical (unpaired) electrons. The number of nitrogens with zero attached hydrogens (tertiary/aromatic N) is 2. The van der Waals surface area contributed by atoms with E-state index >= 15 is 0 Å². The molecule has 166 valence electrons. The van der Waals surface area contributed by atoms with E-state index in [4.69, 9.17) is 0 Å². The van der Waals surface area contributed by atoms with Crippen molar-refractivity contribution in [1.29, 1.82) is 0 Å². The van der Waals surface area contributed by atoms with Crippen molar-refractivity contribution in [3.8, 4) is 0 Å². The molecule has 0 aliphatic carbocycles. The van der Waals surface area contributed by atoms with Crippen LogP contribution in [-0.2, 0) is 6.54 Å². The summed E-state index contributed by atoms with van der Waals surface area (Å²) in [6.07, 6.45) is 4.44. The van der Waals surface area contributed by atoms with Crippen LogP contribution in [0.2, 0.25) is 0 Å². The fourth-order valence-corrected chi connectivity index (χ4v) is 6.00. The van der Waals surface area contributed by atoms with Gasteiger partial charge in [-0.2, -0.15) is 0 Å². The second-order valence-corrected chi connectivity index (χ2v) is 9.24. The van der Waals surface area contributed by atoms with Crippen molar-refractivity contribution in [1.82, 2.24) is 4.98 Å². The van der Waals surface area contributed by atoms with Crippen molar-refractivity contribution in [2.75, 3.05) is 13.1 Å². The zero-order chi connectivity index (χ0) is 22.5. The maximum Gasteiger partial charge on any atom is 0.137 e. The number of hydrogen-bond acceptors (Lipinski definition) is 2. The normalized spacial score (nSPS) is 28.1. The summed E-state index contributed by atoms with van der Waals surface area (Å²) in [5, 5.41) is 12.5. The number of quaternary nitrogens is 1. The van der Waals surface area contributed by atoms with E-state index in [-0.39, 0.29) is 24.1 Å². The summed E-state index contributed by atoms with van der Waals surface area (Å²) in [4.78, 5) is 4.40. The van der Waals surface area contributed by atoms with Gasteiger partial charge < -0.3 is 9.59 Å². The lowest BCUT2D eigenvalue weighted by atomic mass is 9.71. The average Bonchev–Trinajstić information content (AvgIpc) is 2.80. The van der Waals surface area contributed by atoms with Crippen molar-refractivity contribution in [2.45, 2.75) is 31.5 Å². The van der Waals surface area contributed by atoms with E-state index in [2.05, 4.69) is 11.6 Å². The first-order valence-corrected chi connectivity index (χ1v) is 11.1. The predicted molar refractivity (Wildman–Crippen MR) is 117 cm³/mol. The van der Waals surface area contributed by atoms with Crippen LogP contribution in [0.3, 0.4) is 0 Å². The van der Waals surface area contributed by atoms with Gasteiger partial charge in [-0.15, -0.1) is 6.58 Å². The molecule has 6 heteroatoms. The first-order chi connectivity index (χ1) is 15.4. The number of para-hydroxylation sites is 1. The second kappa shape index (κ2) is 8.01. The summed E-state index contributed by atoms with van der Waals surface area (Å²) in [6, 6.07) is 10.7. The third-order valence-corrected chi connectivity index (χ3v) is 7.62. The van der Waals surface area contributed by atoms with E-state index < -0.39 is 23.6 Å². The van der Waals surface area contributed by atoms with Gasteiger partial charge in [0, 0.05) is 42.5 Å². The van der Waals surface area contributed by atoms with E-state index in [0.717, 1.165) is 41.4 Å². The molecule has 6 rings (SSSR count). The monoisotopic (exact) mass is 439 g/mol. The first-order valence-electron chi connectivity index (χ1n) is 11.1. The van der Waals surface area contributed by atoms with E-state index in [1.54, 1.807) is 6.20 Å². The fraction of sp³-hybridized carbons (Fsp3) is 0.346. The Morgan fingerprint density at radius 3 is 2.66 bits per heavy atom. The molecule has 1 N–H and O–H groups in total. The van der Waals surface area contributed by atoms with Gasteiger partial charge in [-0.25, -0.2) is 13.2 Å². The van der Waals surface area contributed by atoms with E-state index in [9.17, 15) is 18.3 Å². The molecule has 3 aromatic rings. The number of halogens is 3. The smallest absolute Gasteiger partial charge is 0.137 e. The van der Waals surface area contributed by atoms with Gasteiger partial charge in [0.1, 0.15) is 36.1 Å². The number of piperidine rings is 3. The third kappa shape index (κ3) is 3.42. The Labute approximate surface area is 185 Å². The topological polar surface area (TPSA) is 33.1 Å². The van der Waals surface area contributed by atoms with Crippen molar-refractivity contribution in [3.63, 3.8) is 0 Å².